The molecule has 0 aliphatic heterocycles. The van der Waals surface area contributed by atoms with Crippen molar-refractivity contribution in [3.05, 3.63) is 206 Å². The van der Waals surface area contributed by atoms with E-state index in [2.05, 4.69) is 199 Å². The van der Waals surface area contributed by atoms with Crippen molar-refractivity contribution >= 4 is 37.8 Å². The van der Waals surface area contributed by atoms with Gasteiger partial charge in [-0.25, -0.2) is 4.98 Å². The van der Waals surface area contributed by atoms with E-state index in [4.69, 9.17) is 4.74 Å². The molecule has 0 amide bonds. The van der Waals surface area contributed by atoms with E-state index in [1.54, 1.807) is 0 Å². The normalized spacial score (nSPS) is 10.9. The largest absolute Gasteiger partial charge is 0.494 e. The van der Waals surface area contributed by atoms with Crippen LogP contribution in [0.2, 0.25) is 0 Å². The molecule has 0 spiro atoms. The summed E-state index contributed by atoms with van der Waals surface area (Å²) < 4.78 is 8.34. The van der Waals surface area contributed by atoms with Gasteiger partial charge >= 0.3 is 0 Å². The molecule has 0 unspecified atom stereocenters. The molecule has 7 aromatic rings. The maximum absolute atomic E-state index is 6.10. The van der Waals surface area contributed by atoms with Crippen LogP contribution in [-0.2, 0) is 5.16 Å². The average Bonchev–Trinajstić information content (AvgIpc) is 3.75. The molecule has 51 heavy (non-hydrogen) atoms. The van der Waals surface area contributed by atoms with Gasteiger partial charge < -0.3 is 9.30 Å². The Balaban J connectivity index is 0.000000200. The molecule has 3 nitrogen and oxygen atoms in total. The van der Waals surface area contributed by atoms with Gasteiger partial charge in [0.2, 0.25) is 6.71 Å². The predicted molar refractivity (Wildman–Crippen MR) is 217 cm³/mol. The third kappa shape index (κ3) is 9.24. The minimum atomic E-state index is -0.376. The zero-order chi connectivity index (χ0) is 35.0. The number of nitrogens with zero attached hydrogens (tertiary/aromatic N) is 2. The summed E-state index contributed by atoms with van der Waals surface area (Å²) in [7, 11) is 0.460. The molecule has 0 fully saturated rings. The second-order valence-electron chi connectivity index (χ2n) is 12.6. The molecule has 7 rings (SSSR count). The minimum Gasteiger partial charge on any atom is -0.494 e. The summed E-state index contributed by atoms with van der Waals surface area (Å²) in [6.45, 7) is 3.32. The summed E-state index contributed by atoms with van der Waals surface area (Å²) in [5.74, 6) is 0.951. The van der Waals surface area contributed by atoms with Crippen molar-refractivity contribution in [2.45, 2.75) is 37.8 Å². The average molecular weight is 681 g/mol. The Morgan fingerprint density at radius 1 is 0.588 bits per heavy atom. The highest BCUT2D eigenvalue weighted by Gasteiger charge is 2.37. The Kier molecular flexibility index (Phi) is 12.9. The Bertz CT molecular complexity index is 1840. The van der Waals surface area contributed by atoms with Crippen LogP contribution in [0.1, 0.15) is 43.7 Å². The first-order valence-electron chi connectivity index (χ1n) is 18.0. The zero-order valence-corrected chi connectivity index (χ0v) is 30.4. The van der Waals surface area contributed by atoms with Crippen LogP contribution in [0.4, 0.5) is 0 Å². The van der Waals surface area contributed by atoms with Crippen LogP contribution in [-0.4, -0.2) is 32.4 Å². The van der Waals surface area contributed by atoms with Gasteiger partial charge in [-0.1, -0.05) is 212 Å². The Hall–Kier alpha value is -5.39. The van der Waals surface area contributed by atoms with Crippen LogP contribution in [0.3, 0.4) is 0 Å². The van der Waals surface area contributed by atoms with Crippen LogP contribution in [0, 0.1) is 0 Å². The second-order valence-corrected chi connectivity index (χ2v) is 14.2. The number of aromatic nitrogens is 2. The lowest BCUT2D eigenvalue weighted by molar-refractivity contribution is 0.305. The van der Waals surface area contributed by atoms with E-state index in [1.807, 2.05) is 12.5 Å². The predicted octanol–water partition coefficient (Wildman–Crippen LogP) is 7.82. The van der Waals surface area contributed by atoms with E-state index in [9.17, 15) is 0 Å². The Morgan fingerprint density at radius 3 is 1.57 bits per heavy atom. The van der Waals surface area contributed by atoms with Gasteiger partial charge in [0, 0.05) is 12.4 Å². The molecule has 2 radical (unpaired) electrons. The van der Waals surface area contributed by atoms with E-state index in [1.165, 1.54) is 52.0 Å². The molecule has 6 aromatic carbocycles. The standard InChI is InChI=1S/C28H30N2OSi.C18H15B/c1-2-3-4-11-21-31-26-17-12-18-27(22-26)32-28(30-20-19-29-23-30,24-13-7-5-8-14-24)25-15-9-6-10-16-25;1-4-10-16(11-5-1)19(17-12-6-2-7-13-17)18-14-8-3-9-15-18/h5-10,12-20,22-23H,2-4,11,21H2,1H3;1-15H. The molecule has 0 bridgehead atoms. The fourth-order valence-corrected chi connectivity index (χ4v) is 8.29. The first-order chi connectivity index (χ1) is 25.3. The van der Waals surface area contributed by atoms with Crippen LogP contribution in [0.5, 0.6) is 5.75 Å². The summed E-state index contributed by atoms with van der Waals surface area (Å²) in [6.07, 6.45) is 10.7. The van der Waals surface area contributed by atoms with Crippen LogP contribution >= 0.6 is 0 Å². The zero-order valence-electron chi connectivity index (χ0n) is 29.4. The summed E-state index contributed by atoms with van der Waals surface area (Å²) in [4.78, 5) is 4.41. The Morgan fingerprint density at radius 2 is 1.10 bits per heavy atom. The first-order valence-corrected chi connectivity index (χ1v) is 19.0. The van der Waals surface area contributed by atoms with Gasteiger partial charge in [-0.05, 0) is 29.7 Å². The highest BCUT2D eigenvalue weighted by Crippen LogP contribution is 2.33. The van der Waals surface area contributed by atoms with Crippen molar-refractivity contribution in [2.24, 2.45) is 0 Å². The summed E-state index contributed by atoms with van der Waals surface area (Å²) in [5.41, 5.74) is 6.49. The number of rotatable bonds is 14. The van der Waals surface area contributed by atoms with Crippen molar-refractivity contribution in [2.75, 3.05) is 6.61 Å². The highest BCUT2D eigenvalue weighted by molar-refractivity contribution is 6.95. The van der Waals surface area contributed by atoms with Crippen molar-refractivity contribution in [3.63, 3.8) is 0 Å². The topological polar surface area (TPSA) is 27.1 Å². The molecule has 0 aliphatic rings. The number of ether oxygens (including phenoxy) is 1. The third-order valence-corrected chi connectivity index (χ3v) is 10.9. The number of hydrogen-bond donors (Lipinski definition) is 0. The van der Waals surface area contributed by atoms with Gasteiger partial charge in [-0.15, -0.1) is 0 Å². The molecular formula is C46H45BN2OSi. The molecule has 0 atom stereocenters. The van der Waals surface area contributed by atoms with Gasteiger partial charge in [0.15, 0.2) is 0 Å². The van der Waals surface area contributed by atoms with E-state index < -0.39 is 0 Å². The van der Waals surface area contributed by atoms with Gasteiger partial charge in [-0.2, -0.15) is 0 Å². The lowest BCUT2D eigenvalue weighted by Crippen LogP contribution is -2.51. The maximum Gasteiger partial charge on any atom is 0.241 e. The van der Waals surface area contributed by atoms with Gasteiger partial charge in [0.05, 0.1) is 18.1 Å². The van der Waals surface area contributed by atoms with Crippen molar-refractivity contribution in [1.29, 1.82) is 0 Å². The molecule has 0 saturated heterocycles. The van der Waals surface area contributed by atoms with Crippen molar-refractivity contribution < 1.29 is 4.74 Å². The molecule has 0 saturated carbocycles. The quantitative estimate of drug-likeness (QED) is 0.0866. The number of unbranched alkanes of at least 4 members (excludes halogenated alkanes) is 3. The van der Waals surface area contributed by atoms with Gasteiger partial charge in [0.1, 0.15) is 15.3 Å². The second kappa shape index (κ2) is 18.6. The first kappa shape index (κ1) is 35.4. The lowest BCUT2D eigenvalue weighted by Gasteiger charge is -2.36. The molecule has 252 valence electrons. The fourth-order valence-electron chi connectivity index (χ4n) is 6.60. The Labute approximate surface area is 306 Å². The molecule has 1 heterocycles. The molecule has 0 N–H and O–H groups in total. The van der Waals surface area contributed by atoms with E-state index >= 15 is 0 Å². The highest BCUT2D eigenvalue weighted by atomic mass is 28.2. The number of hydrogen-bond acceptors (Lipinski definition) is 2. The van der Waals surface area contributed by atoms with Crippen molar-refractivity contribution in [1.82, 2.24) is 9.55 Å². The van der Waals surface area contributed by atoms with Gasteiger partial charge in [0.25, 0.3) is 0 Å². The monoisotopic (exact) mass is 680 g/mol. The summed E-state index contributed by atoms with van der Waals surface area (Å²) in [6, 6.07) is 62.1. The summed E-state index contributed by atoms with van der Waals surface area (Å²) in [5, 5.41) is 0.885. The van der Waals surface area contributed by atoms with Crippen LogP contribution < -0.4 is 26.3 Å². The SMILES string of the molecule is CCCCCCOc1cccc([Si]C(c2ccccc2)(c2ccccc2)n2ccnc2)c1.c1ccc(B(c2ccccc2)c2ccccc2)cc1. The summed E-state index contributed by atoms with van der Waals surface area (Å²) >= 11 is 0. The molecular weight excluding hydrogens is 635 g/mol. The fraction of sp³-hybridized carbons (Fsp3) is 0.152. The molecule has 1 aromatic heterocycles. The van der Waals surface area contributed by atoms with Gasteiger partial charge in [-0.3, -0.25) is 0 Å². The van der Waals surface area contributed by atoms with E-state index in [0.29, 0.717) is 16.2 Å². The smallest absolute Gasteiger partial charge is 0.241 e. The molecule has 0 aliphatic carbocycles. The number of benzene rings is 6. The van der Waals surface area contributed by atoms with E-state index in [0.717, 1.165) is 18.8 Å². The van der Waals surface area contributed by atoms with Crippen molar-refractivity contribution in [3.8, 4) is 5.75 Å². The van der Waals surface area contributed by atoms with Crippen LogP contribution in [0.15, 0.2) is 195 Å². The third-order valence-electron chi connectivity index (χ3n) is 9.10. The number of imidazole rings is 1. The lowest BCUT2D eigenvalue weighted by atomic mass is 9.37. The maximum atomic E-state index is 6.10. The van der Waals surface area contributed by atoms with Crippen LogP contribution in [0.25, 0.3) is 0 Å². The molecule has 5 heteroatoms. The van der Waals surface area contributed by atoms with E-state index in [-0.39, 0.29) is 5.16 Å². The minimum absolute atomic E-state index is 0.309.